The molecule has 0 bridgehead atoms. The van der Waals surface area contributed by atoms with Gasteiger partial charge in [-0.2, -0.15) is 0 Å². The molecular formula is C11H16N6O. The molecule has 2 aromatic rings. The minimum absolute atomic E-state index is 0.0298. The van der Waals surface area contributed by atoms with Gasteiger partial charge < -0.3 is 21.1 Å². The summed E-state index contributed by atoms with van der Waals surface area (Å²) in [5.74, 6) is 0.711. The molecule has 5 N–H and O–H groups in total. The smallest absolute Gasteiger partial charge is 0.165 e. The summed E-state index contributed by atoms with van der Waals surface area (Å²) in [7, 11) is 0. The third-order valence-corrected chi connectivity index (χ3v) is 3.67. The van der Waals surface area contributed by atoms with Crippen LogP contribution in [0.3, 0.4) is 0 Å². The predicted molar refractivity (Wildman–Crippen MR) is 66.6 cm³/mol. The highest BCUT2D eigenvalue weighted by Crippen LogP contribution is 2.36. The summed E-state index contributed by atoms with van der Waals surface area (Å²) >= 11 is 0. The quantitative estimate of drug-likeness (QED) is 0.670. The van der Waals surface area contributed by atoms with Gasteiger partial charge in [0, 0.05) is 0 Å². The van der Waals surface area contributed by atoms with Crippen LogP contribution in [0.15, 0.2) is 12.7 Å². The van der Waals surface area contributed by atoms with Crippen LogP contribution < -0.4 is 11.5 Å². The maximum absolute atomic E-state index is 10.1. The molecule has 0 aromatic carbocycles. The normalized spacial score (nSPS) is 28.0. The number of aromatic nitrogens is 4. The van der Waals surface area contributed by atoms with E-state index in [1.165, 1.54) is 6.33 Å². The topological polar surface area (TPSA) is 116 Å². The highest BCUT2D eigenvalue weighted by molar-refractivity contribution is 5.81. The van der Waals surface area contributed by atoms with Crippen LogP contribution in [0, 0.1) is 5.92 Å². The Morgan fingerprint density at radius 2 is 2.17 bits per heavy atom. The second-order valence-corrected chi connectivity index (χ2v) is 4.79. The molecule has 0 radical (unpaired) electrons. The van der Waals surface area contributed by atoms with E-state index in [1.54, 1.807) is 6.33 Å². The molecule has 2 heterocycles. The van der Waals surface area contributed by atoms with Gasteiger partial charge in [0.1, 0.15) is 11.8 Å². The van der Waals surface area contributed by atoms with Crippen molar-refractivity contribution in [1.29, 1.82) is 0 Å². The van der Waals surface area contributed by atoms with E-state index in [-0.39, 0.29) is 6.04 Å². The van der Waals surface area contributed by atoms with E-state index in [1.807, 2.05) is 4.57 Å². The molecule has 0 aliphatic heterocycles. The zero-order valence-electron chi connectivity index (χ0n) is 9.90. The van der Waals surface area contributed by atoms with Gasteiger partial charge in [-0.1, -0.05) is 0 Å². The number of fused-ring (bicyclic) bond motifs is 1. The highest BCUT2D eigenvalue weighted by atomic mass is 16.3. The first-order valence-electron chi connectivity index (χ1n) is 6.02. The van der Waals surface area contributed by atoms with Gasteiger partial charge in [0.05, 0.1) is 18.5 Å². The molecule has 0 spiro atoms. The molecule has 3 rings (SSSR count). The predicted octanol–water partition coefficient (Wildman–Crippen LogP) is -0.321. The van der Waals surface area contributed by atoms with Crippen LogP contribution >= 0.6 is 0 Å². The molecule has 7 heteroatoms. The van der Waals surface area contributed by atoms with Crippen LogP contribution in [0.1, 0.15) is 18.9 Å². The fourth-order valence-corrected chi connectivity index (χ4v) is 2.70. The third kappa shape index (κ3) is 1.63. The number of hydrogen-bond donors (Lipinski definition) is 3. The molecule has 1 saturated carbocycles. The number of nitrogens with two attached hydrogens (primary N) is 2. The number of nitrogen functional groups attached to an aromatic ring is 1. The number of imidazole rings is 1. The van der Waals surface area contributed by atoms with Crippen LogP contribution in [0.4, 0.5) is 5.82 Å². The zero-order chi connectivity index (χ0) is 12.7. The van der Waals surface area contributed by atoms with Gasteiger partial charge >= 0.3 is 0 Å². The Labute approximate surface area is 104 Å². The van der Waals surface area contributed by atoms with Crippen molar-refractivity contribution in [1.82, 2.24) is 19.5 Å². The summed E-state index contributed by atoms with van der Waals surface area (Å²) in [4.78, 5) is 12.3. The van der Waals surface area contributed by atoms with Gasteiger partial charge in [0.25, 0.3) is 0 Å². The lowest BCUT2D eigenvalue weighted by atomic mass is 10.1. The van der Waals surface area contributed by atoms with E-state index < -0.39 is 6.10 Å². The first kappa shape index (κ1) is 11.4. The molecule has 1 fully saturated rings. The number of hydrogen-bond acceptors (Lipinski definition) is 6. The Bertz CT molecular complexity index is 568. The fraction of sp³-hybridized carbons (Fsp3) is 0.545. The Kier molecular flexibility index (Phi) is 2.64. The summed E-state index contributed by atoms with van der Waals surface area (Å²) in [6.45, 7) is 0.595. The molecule has 2 aromatic heterocycles. The summed E-state index contributed by atoms with van der Waals surface area (Å²) in [5.41, 5.74) is 12.7. The largest absolute Gasteiger partial charge is 0.391 e. The minimum Gasteiger partial charge on any atom is -0.391 e. The van der Waals surface area contributed by atoms with Crippen LogP contribution in [0.25, 0.3) is 11.2 Å². The molecule has 0 amide bonds. The first-order chi connectivity index (χ1) is 8.70. The van der Waals surface area contributed by atoms with Crippen LogP contribution in [0.5, 0.6) is 0 Å². The van der Waals surface area contributed by atoms with Crippen LogP contribution in [-0.4, -0.2) is 37.3 Å². The molecular weight excluding hydrogens is 232 g/mol. The number of nitrogens with zero attached hydrogens (tertiary/aromatic N) is 4. The van der Waals surface area contributed by atoms with Crippen molar-refractivity contribution in [3.8, 4) is 0 Å². The second-order valence-electron chi connectivity index (χ2n) is 4.79. The maximum Gasteiger partial charge on any atom is 0.165 e. The molecule has 7 nitrogen and oxygen atoms in total. The Hall–Kier alpha value is -1.73. The van der Waals surface area contributed by atoms with Gasteiger partial charge in [-0.15, -0.1) is 0 Å². The second kappa shape index (κ2) is 4.18. The molecule has 1 aliphatic rings. The van der Waals surface area contributed by atoms with Crippen LogP contribution in [-0.2, 0) is 0 Å². The number of aliphatic hydroxyl groups is 1. The molecule has 0 saturated heterocycles. The minimum atomic E-state index is -0.410. The number of anilines is 1. The van der Waals surface area contributed by atoms with Crippen molar-refractivity contribution in [2.24, 2.45) is 11.7 Å². The monoisotopic (exact) mass is 248 g/mol. The highest BCUT2D eigenvalue weighted by Gasteiger charge is 2.34. The standard InChI is InChI=1S/C11H16N6O/c12-3-6-1-7(8(18)2-6)17-5-16-9-10(13)14-4-15-11(9)17/h4-8,18H,1-3,12H2,(H2,13,14,15). The van der Waals surface area contributed by atoms with Crippen molar-refractivity contribution in [2.75, 3.05) is 12.3 Å². The van der Waals surface area contributed by atoms with Crippen molar-refractivity contribution in [2.45, 2.75) is 25.0 Å². The van der Waals surface area contributed by atoms with Crippen LogP contribution in [0.2, 0.25) is 0 Å². The van der Waals surface area contributed by atoms with E-state index in [2.05, 4.69) is 15.0 Å². The lowest BCUT2D eigenvalue weighted by Crippen LogP contribution is -2.17. The average molecular weight is 248 g/mol. The van der Waals surface area contributed by atoms with E-state index in [4.69, 9.17) is 11.5 Å². The van der Waals surface area contributed by atoms with Gasteiger partial charge in [-0.3, -0.25) is 0 Å². The van der Waals surface area contributed by atoms with Gasteiger partial charge in [0.15, 0.2) is 11.5 Å². The van der Waals surface area contributed by atoms with E-state index in [0.717, 1.165) is 12.8 Å². The SMILES string of the molecule is NCC1CC(O)C(n2cnc3c(N)ncnc32)C1. The fourth-order valence-electron chi connectivity index (χ4n) is 2.70. The zero-order valence-corrected chi connectivity index (χ0v) is 9.90. The number of rotatable bonds is 2. The summed E-state index contributed by atoms with van der Waals surface area (Å²) in [5, 5.41) is 10.1. The van der Waals surface area contributed by atoms with E-state index in [9.17, 15) is 5.11 Å². The lowest BCUT2D eigenvalue weighted by molar-refractivity contribution is 0.136. The summed E-state index contributed by atoms with van der Waals surface area (Å²) < 4.78 is 1.88. The lowest BCUT2D eigenvalue weighted by Gasteiger charge is -2.16. The molecule has 96 valence electrons. The van der Waals surface area contributed by atoms with E-state index >= 15 is 0 Å². The van der Waals surface area contributed by atoms with Crippen molar-refractivity contribution < 1.29 is 5.11 Å². The Morgan fingerprint density at radius 1 is 1.33 bits per heavy atom. The van der Waals surface area contributed by atoms with Gasteiger partial charge in [-0.25, -0.2) is 15.0 Å². The molecule has 3 unspecified atom stereocenters. The summed E-state index contributed by atoms with van der Waals surface area (Å²) in [6.07, 6.45) is 4.24. The maximum atomic E-state index is 10.1. The van der Waals surface area contributed by atoms with Gasteiger partial charge in [-0.05, 0) is 25.3 Å². The Morgan fingerprint density at radius 3 is 2.89 bits per heavy atom. The molecule has 1 aliphatic carbocycles. The van der Waals surface area contributed by atoms with Crippen molar-refractivity contribution in [3.05, 3.63) is 12.7 Å². The van der Waals surface area contributed by atoms with Crippen molar-refractivity contribution in [3.63, 3.8) is 0 Å². The van der Waals surface area contributed by atoms with Crippen molar-refractivity contribution >= 4 is 17.0 Å². The summed E-state index contributed by atoms with van der Waals surface area (Å²) in [6, 6.07) is -0.0298. The van der Waals surface area contributed by atoms with E-state index in [0.29, 0.717) is 29.4 Å². The molecule has 18 heavy (non-hydrogen) atoms. The van der Waals surface area contributed by atoms with Gasteiger partial charge in [0.2, 0.25) is 0 Å². The Balaban J connectivity index is 2.02. The number of aliphatic hydroxyl groups excluding tert-OH is 1. The average Bonchev–Trinajstić information content (AvgIpc) is 2.93. The third-order valence-electron chi connectivity index (χ3n) is 3.67. The first-order valence-corrected chi connectivity index (χ1v) is 6.02. The molecule has 3 atom stereocenters.